The van der Waals surface area contributed by atoms with Crippen molar-refractivity contribution in [2.75, 3.05) is 4.90 Å². The number of amidine groups is 1. The SMILES string of the molecule is CC(C)C1SC(=NNC(=O)c2ccc(Cl)s2)N(c2ccccc2)C1=O. The Morgan fingerprint density at radius 1 is 1.24 bits per heavy atom. The van der Waals surface area contributed by atoms with Crippen molar-refractivity contribution in [3.05, 3.63) is 51.7 Å². The topological polar surface area (TPSA) is 61.8 Å². The Bertz CT molecular complexity index is 820. The number of amides is 2. The van der Waals surface area contributed by atoms with E-state index in [1.54, 1.807) is 17.0 Å². The first kappa shape index (κ1) is 18.0. The molecule has 1 N–H and O–H groups in total. The van der Waals surface area contributed by atoms with Crippen LogP contribution in [-0.2, 0) is 4.79 Å². The van der Waals surface area contributed by atoms with Crippen molar-refractivity contribution in [1.82, 2.24) is 5.43 Å². The first-order chi connectivity index (χ1) is 12.0. The number of para-hydroxylation sites is 1. The molecular formula is C17H16ClN3O2S2. The fraction of sp³-hybridized carbons (Fsp3) is 0.235. The summed E-state index contributed by atoms with van der Waals surface area (Å²) < 4.78 is 0.536. The van der Waals surface area contributed by atoms with Gasteiger partial charge in [0.25, 0.3) is 5.91 Å². The van der Waals surface area contributed by atoms with Crippen LogP contribution in [0.5, 0.6) is 0 Å². The number of nitrogens with one attached hydrogen (secondary N) is 1. The van der Waals surface area contributed by atoms with Gasteiger partial charge in [0, 0.05) is 0 Å². The molecule has 1 aromatic carbocycles. The summed E-state index contributed by atoms with van der Waals surface area (Å²) in [7, 11) is 0. The molecule has 1 aliphatic rings. The fourth-order valence-corrected chi connectivity index (χ4v) is 4.38. The van der Waals surface area contributed by atoms with Crippen LogP contribution in [0.1, 0.15) is 23.5 Å². The maximum atomic E-state index is 12.8. The second-order valence-electron chi connectivity index (χ2n) is 5.73. The summed E-state index contributed by atoms with van der Waals surface area (Å²) in [6, 6.07) is 12.6. The van der Waals surface area contributed by atoms with E-state index in [1.165, 1.54) is 23.1 Å². The molecule has 5 nitrogen and oxygen atoms in total. The molecule has 0 saturated carbocycles. The molecule has 3 rings (SSSR count). The van der Waals surface area contributed by atoms with Gasteiger partial charge in [-0.1, -0.05) is 55.4 Å². The summed E-state index contributed by atoms with van der Waals surface area (Å²) in [6.45, 7) is 3.99. The van der Waals surface area contributed by atoms with Gasteiger partial charge in [-0.3, -0.25) is 14.5 Å². The molecule has 1 aliphatic heterocycles. The lowest BCUT2D eigenvalue weighted by atomic mass is 10.1. The van der Waals surface area contributed by atoms with Crippen molar-refractivity contribution in [2.45, 2.75) is 19.1 Å². The molecule has 0 bridgehead atoms. The number of rotatable bonds is 4. The lowest BCUT2D eigenvalue weighted by molar-refractivity contribution is -0.117. The average molecular weight is 394 g/mol. The molecule has 130 valence electrons. The molecular weight excluding hydrogens is 378 g/mol. The van der Waals surface area contributed by atoms with E-state index in [0.717, 1.165) is 5.69 Å². The molecule has 0 spiro atoms. The lowest BCUT2D eigenvalue weighted by Gasteiger charge is -2.16. The summed E-state index contributed by atoms with van der Waals surface area (Å²) in [5.74, 6) is -0.222. The number of hydrogen-bond acceptors (Lipinski definition) is 5. The van der Waals surface area contributed by atoms with Crippen molar-refractivity contribution in [2.24, 2.45) is 11.0 Å². The van der Waals surface area contributed by atoms with Gasteiger partial charge in [0.05, 0.1) is 20.2 Å². The molecule has 2 heterocycles. The van der Waals surface area contributed by atoms with Crippen LogP contribution in [0, 0.1) is 5.92 Å². The molecule has 1 aromatic heterocycles. The number of benzene rings is 1. The Balaban J connectivity index is 1.86. The van der Waals surface area contributed by atoms with Crippen molar-refractivity contribution < 1.29 is 9.59 Å². The minimum atomic E-state index is -0.349. The third-order valence-corrected chi connectivity index (χ3v) is 6.27. The Kier molecular flexibility index (Phi) is 5.46. The summed E-state index contributed by atoms with van der Waals surface area (Å²) >= 11 is 8.39. The van der Waals surface area contributed by atoms with Crippen molar-refractivity contribution in [3.8, 4) is 0 Å². The van der Waals surface area contributed by atoms with E-state index in [9.17, 15) is 9.59 Å². The smallest absolute Gasteiger partial charge is 0.273 e. The van der Waals surface area contributed by atoms with Gasteiger partial charge in [0.15, 0.2) is 5.17 Å². The van der Waals surface area contributed by atoms with E-state index in [4.69, 9.17) is 11.6 Å². The molecule has 2 aromatic rings. The highest BCUT2D eigenvalue weighted by atomic mass is 35.5. The summed E-state index contributed by atoms with van der Waals surface area (Å²) in [6.07, 6.45) is 0. The van der Waals surface area contributed by atoms with E-state index in [2.05, 4.69) is 10.5 Å². The summed E-state index contributed by atoms with van der Waals surface area (Å²) in [5, 5.41) is 4.43. The predicted octanol–water partition coefficient (Wildman–Crippen LogP) is 4.21. The molecule has 1 unspecified atom stereocenters. The standard InChI is InChI=1S/C17H16ClN3O2S2/c1-10(2)14-16(23)21(11-6-4-3-5-7-11)17(25-14)20-19-15(22)12-8-9-13(18)24-12/h3-10,14H,1-2H3,(H,19,22). The maximum Gasteiger partial charge on any atom is 0.281 e. The van der Waals surface area contributed by atoms with Gasteiger partial charge in [0.2, 0.25) is 5.91 Å². The van der Waals surface area contributed by atoms with Crippen LogP contribution < -0.4 is 10.3 Å². The van der Waals surface area contributed by atoms with E-state index in [1.807, 2.05) is 44.2 Å². The average Bonchev–Trinajstić information content (AvgIpc) is 3.17. The zero-order chi connectivity index (χ0) is 18.0. The Labute approximate surface area is 159 Å². The predicted molar refractivity (Wildman–Crippen MR) is 104 cm³/mol. The molecule has 25 heavy (non-hydrogen) atoms. The molecule has 2 amide bonds. The number of hydrogen-bond donors (Lipinski definition) is 1. The molecule has 1 fully saturated rings. The van der Waals surface area contributed by atoms with Crippen LogP contribution in [0.3, 0.4) is 0 Å². The van der Waals surface area contributed by atoms with Crippen LogP contribution >= 0.6 is 34.7 Å². The zero-order valence-corrected chi connectivity index (χ0v) is 16.0. The third-order valence-electron chi connectivity index (χ3n) is 3.56. The third kappa shape index (κ3) is 3.89. The minimum Gasteiger partial charge on any atom is -0.273 e. The number of anilines is 1. The summed E-state index contributed by atoms with van der Waals surface area (Å²) in [5.41, 5.74) is 3.25. The number of thiophene rings is 1. The number of thioether (sulfide) groups is 1. The van der Waals surface area contributed by atoms with Gasteiger partial charge in [-0.2, -0.15) is 0 Å². The monoisotopic (exact) mass is 393 g/mol. The number of carbonyl (C=O) groups excluding carboxylic acids is 2. The van der Waals surface area contributed by atoms with Gasteiger partial charge in [-0.25, -0.2) is 5.43 Å². The van der Waals surface area contributed by atoms with Crippen LogP contribution in [0.15, 0.2) is 47.6 Å². The van der Waals surface area contributed by atoms with Gasteiger partial charge < -0.3 is 0 Å². The number of nitrogens with zero attached hydrogens (tertiary/aromatic N) is 2. The fourth-order valence-electron chi connectivity index (χ4n) is 2.34. The summed E-state index contributed by atoms with van der Waals surface area (Å²) in [4.78, 5) is 27.0. The van der Waals surface area contributed by atoms with Crippen molar-refractivity contribution >= 4 is 57.4 Å². The van der Waals surface area contributed by atoms with E-state index < -0.39 is 0 Å². The number of carbonyl (C=O) groups is 2. The maximum absolute atomic E-state index is 12.8. The number of hydrazone groups is 1. The molecule has 1 saturated heterocycles. The first-order valence-electron chi connectivity index (χ1n) is 7.66. The Morgan fingerprint density at radius 3 is 2.56 bits per heavy atom. The molecule has 0 radical (unpaired) electrons. The van der Waals surface area contributed by atoms with Gasteiger partial charge in [-0.05, 0) is 30.2 Å². The largest absolute Gasteiger partial charge is 0.281 e. The molecule has 0 aliphatic carbocycles. The van der Waals surface area contributed by atoms with Gasteiger partial charge in [-0.15, -0.1) is 16.4 Å². The van der Waals surface area contributed by atoms with Crippen molar-refractivity contribution in [1.29, 1.82) is 0 Å². The van der Waals surface area contributed by atoms with E-state index >= 15 is 0 Å². The second-order valence-corrected chi connectivity index (χ2v) is 8.55. The molecule has 1 atom stereocenters. The highest BCUT2D eigenvalue weighted by molar-refractivity contribution is 8.16. The van der Waals surface area contributed by atoms with E-state index in [-0.39, 0.29) is 23.0 Å². The number of halogens is 1. The highest BCUT2D eigenvalue weighted by Gasteiger charge is 2.40. The van der Waals surface area contributed by atoms with Crippen LogP contribution in [0.2, 0.25) is 4.34 Å². The van der Waals surface area contributed by atoms with Crippen LogP contribution in [-0.4, -0.2) is 22.2 Å². The Hall–Kier alpha value is -1.83. The van der Waals surface area contributed by atoms with Crippen LogP contribution in [0.25, 0.3) is 0 Å². The van der Waals surface area contributed by atoms with Crippen molar-refractivity contribution in [3.63, 3.8) is 0 Å². The van der Waals surface area contributed by atoms with E-state index in [0.29, 0.717) is 14.4 Å². The zero-order valence-electron chi connectivity index (χ0n) is 13.6. The van der Waals surface area contributed by atoms with Gasteiger partial charge >= 0.3 is 0 Å². The first-order valence-corrected chi connectivity index (χ1v) is 9.74. The van der Waals surface area contributed by atoms with Crippen LogP contribution in [0.4, 0.5) is 5.69 Å². The lowest BCUT2D eigenvalue weighted by Crippen LogP contribution is -2.34. The minimum absolute atomic E-state index is 0.0293. The molecule has 8 heteroatoms. The highest BCUT2D eigenvalue weighted by Crippen LogP contribution is 2.35. The Morgan fingerprint density at radius 2 is 1.96 bits per heavy atom. The second kappa shape index (κ2) is 7.59. The normalized spacial score (nSPS) is 19.0. The quantitative estimate of drug-likeness (QED) is 0.791. The van der Waals surface area contributed by atoms with Gasteiger partial charge in [0.1, 0.15) is 0 Å².